The smallest absolute Gasteiger partial charge is 0.271 e. The number of nitrogens with zero attached hydrogens (tertiary/aromatic N) is 1. The summed E-state index contributed by atoms with van der Waals surface area (Å²) in [4.78, 5) is 3.81. The number of halogens is 1. The highest BCUT2D eigenvalue weighted by Crippen LogP contribution is 2.11. The van der Waals surface area contributed by atoms with Crippen molar-refractivity contribution in [3.05, 3.63) is 11.1 Å². The van der Waals surface area contributed by atoms with Crippen molar-refractivity contribution in [3.63, 3.8) is 0 Å². The van der Waals surface area contributed by atoms with E-state index in [9.17, 15) is 0 Å². The zero-order valence-electron chi connectivity index (χ0n) is 3.81. The van der Waals surface area contributed by atoms with E-state index in [1.165, 1.54) is 11.8 Å². The van der Waals surface area contributed by atoms with Crippen molar-refractivity contribution >= 4 is 17.3 Å². The van der Waals surface area contributed by atoms with Crippen LogP contribution in [-0.2, 0) is 0 Å². The highest BCUT2D eigenvalue weighted by Gasteiger charge is 2.03. The molecule has 38 valence electrons. The van der Waals surface area contributed by atoms with E-state index in [4.69, 9.17) is 0 Å². The Morgan fingerprint density at radius 1 is 1.86 bits per heavy atom. The summed E-state index contributed by atoms with van der Waals surface area (Å²) in [7, 11) is 0. The SMILES string of the molecule is CC1=CS[C+]=N1.[Br-]. The largest absolute Gasteiger partial charge is 1.00 e. The molecular formula is C4H4BrNS. The summed E-state index contributed by atoms with van der Waals surface area (Å²) < 4.78 is 0. The van der Waals surface area contributed by atoms with Crippen molar-refractivity contribution in [1.29, 1.82) is 0 Å². The van der Waals surface area contributed by atoms with Gasteiger partial charge in [0.2, 0.25) is 0 Å². The van der Waals surface area contributed by atoms with Gasteiger partial charge in [-0.1, -0.05) is 0 Å². The second kappa shape index (κ2) is 3.19. The fourth-order valence-electron chi connectivity index (χ4n) is 0.236. The quantitative estimate of drug-likeness (QED) is 0.411. The Morgan fingerprint density at radius 2 is 2.57 bits per heavy atom. The molecule has 0 aromatic rings. The highest BCUT2D eigenvalue weighted by atomic mass is 79.9. The van der Waals surface area contributed by atoms with Gasteiger partial charge in [-0.2, -0.15) is 0 Å². The van der Waals surface area contributed by atoms with Crippen LogP contribution in [0.25, 0.3) is 0 Å². The van der Waals surface area contributed by atoms with Crippen molar-refractivity contribution in [2.75, 3.05) is 0 Å². The summed E-state index contributed by atoms with van der Waals surface area (Å²) in [5.74, 6) is 0. The lowest BCUT2D eigenvalue weighted by atomic mass is 10.6. The number of aliphatic imine (C=N–C) groups is 1. The standard InChI is InChI=1S/C4H4NS.BrH/c1-4-2-6-3-5-4;/h2H,1H3;1H/q+1;/p-1. The molecule has 0 spiro atoms. The van der Waals surface area contributed by atoms with Crippen molar-refractivity contribution in [1.82, 2.24) is 0 Å². The van der Waals surface area contributed by atoms with Gasteiger partial charge in [0, 0.05) is 11.9 Å². The third-order valence-electron chi connectivity index (χ3n) is 0.504. The molecule has 3 heteroatoms. The van der Waals surface area contributed by atoms with Gasteiger partial charge in [-0.15, -0.1) is 0 Å². The Balaban J connectivity index is 0.000000360. The first-order chi connectivity index (χ1) is 2.89. The van der Waals surface area contributed by atoms with Crippen molar-refractivity contribution in [2.24, 2.45) is 4.99 Å². The molecule has 0 saturated carbocycles. The summed E-state index contributed by atoms with van der Waals surface area (Å²) in [6.07, 6.45) is 0. The minimum atomic E-state index is 0. The predicted molar refractivity (Wildman–Crippen MR) is 28.8 cm³/mol. The lowest BCUT2D eigenvalue weighted by Gasteiger charge is -1.55. The van der Waals surface area contributed by atoms with E-state index in [1.54, 1.807) is 0 Å². The number of hydrogen-bond acceptors (Lipinski definition) is 2. The van der Waals surface area contributed by atoms with Gasteiger partial charge in [-0.05, 0) is 0 Å². The molecule has 7 heavy (non-hydrogen) atoms. The third kappa shape index (κ3) is 2.07. The first kappa shape index (κ1) is 7.15. The number of rotatable bonds is 0. The van der Waals surface area contributed by atoms with Crippen molar-refractivity contribution in [2.45, 2.75) is 6.92 Å². The number of allylic oxidation sites excluding steroid dienone is 1. The van der Waals surface area contributed by atoms with Crippen LogP contribution in [0.15, 0.2) is 16.1 Å². The molecule has 1 rings (SSSR count). The molecule has 0 saturated heterocycles. The molecule has 1 heterocycles. The molecule has 0 fully saturated rings. The molecular weight excluding hydrogens is 174 g/mol. The molecule has 0 aromatic carbocycles. The molecule has 0 unspecified atom stereocenters. The van der Waals surface area contributed by atoms with Crippen LogP contribution in [0, 0.1) is 0 Å². The van der Waals surface area contributed by atoms with Crippen LogP contribution in [0.2, 0.25) is 0 Å². The summed E-state index contributed by atoms with van der Waals surface area (Å²) in [6.45, 7) is 1.95. The average molecular weight is 178 g/mol. The Morgan fingerprint density at radius 3 is 2.71 bits per heavy atom. The lowest BCUT2D eigenvalue weighted by Crippen LogP contribution is -3.00. The first-order valence-corrected chi connectivity index (χ1v) is 2.56. The maximum absolute atomic E-state index is 3.81. The molecule has 0 atom stereocenters. The van der Waals surface area contributed by atoms with Gasteiger partial charge in [0.05, 0.1) is 0 Å². The normalized spacial score (nSPS) is 14.7. The Labute approximate surface area is 57.7 Å². The van der Waals surface area contributed by atoms with Crippen LogP contribution >= 0.6 is 11.8 Å². The predicted octanol–water partition coefficient (Wildman–Crippen LogP) is -1.50. The summed E-state index contributed by atoms with van der Waals surface area (Å²) in [5.41, 5.74) is 3.78. The molecule has 1 nitrogen and oxygen atoms in total. The van der Waals surface area contributed by atoms with Crippen LogP contribution in [0.1, 0.15) is 6.92 Å². The van der Waals surface area contributed by atoms with Crippen LogP contribution in [0.4, 0.5) is 0 Å². The summed E-state index contributed by atoms with van der Waals surface area (Å²) in [6, 6.07) is 0. The first-order valence-electron chi connectivity index (χ1n) is 1.68. The maximum Gasteiger partial charge on any atom is 0.271 e. The molecule has 0 N–H and O–H groups in total. The minimum Gasteiger partial charge on any atom is -1.00 e. The molecule has 0 aliphatic carbocycles. The molecule has 1 aliphatic rings. The van der Waals surface area contributed by atoms with Gasteiger partial charge in [-0.3, -0.25) is 0 Å². The van der Waals surface area contributed by atoms with Gasteiger partial charge in [0.1, 0.15) is 17.2 Å². The highest BCUT2D eigenvalue weighted by molar-refractivity contribution is 8.14. The van der Waals surface area contributed by atoms with Crippen LogP contribution in [0.5, 0.6) is 0 Å². The van der Waals surface area contributed by atoms with Crippen LogP contribution < -0.4 is 17.0 Å². The van der Waals surface area contributed by atoms with Gasteiger partial charge in [0.25, 0.3) is 5.55 Å². The van der Waals surface area contributed by atoms with Gasteiger partial charge < -0.3 is 17.0 Å². The topological polar surface area (TPSA) is 12.4 Å². The van der Waals surface area contributed by atoms with E-state index < -0.39 is 0 Å². The fourth-order valence-corrected chi connectivity index (χ4v) is 0.709. The average Bonchev–Trinajstić information content (AvgIpc) is 1.86. The van der Waals surface area contributed by atoms with Crippen LogP contribution in [-0.4, -0.2) is 5.55 Å². The van der Waals surface area contributed by atoms with E-state index in [-0.39, 0.29) is 17.0 Å². The van der Waals surface area contributed by atoms with Gasteiger partial charge >= 0.3 is 0 Å². The summed E-state index contributed by atoms with van der Waals surface area (Å²) >= 11 is 1.50. The molecule has 0 aromatic heterocycles. The minimum absolute atomic E-state index is 0. The Hall–Kier alpha value is 0.150. The second-order valence-corrected chi connectivity index (χ2v) is 1.73. The van der Waals surface area contributed by atoms with Crippen molar-refractivity contribution < 1.29 is 17.0 Å². The van der Waals surface area contributed by atoms with E-state index in [0.29, 0.717) is 0 Å². The zero-order chi connectivity index (χ0) is 4.41. The van der Waals surface area contributed by atoms with Gasteiger partial charge in [-0.25, -0.2) is 0 Å². The lowest BCUT2D eigenvalue weighted by molar-refractivity contribution is -0.00000125. The van der Waals surface area contributed by atoms with E-state index in [1.807, 2.05) is 12.3 Å². The molecule has 0 radical (unpaired) electrons. The van der Waals surface area contributed by atoms with Crippen molar-refractivity contribution in [3.8, 4) is 0 Å². The number of hydrogen-bond donors (Lipinski definition) is 0. The Bertz CT molecular complexity index is 106. The van der Waals surface area contributed by atoms with E-state index >= 15 is 0 Å². The third-order valence-corrected chi connectivity index (χ3v) is 1.16. The van der Waals surface area contributed by atoms with E-state index in [2.05, 4.69) is 10.5 Å². The zero-order valence-corrected chi connectivity index (χ0v) is 6.21. The van der Waals surface area contributed by atoms with E-state index in [0.717, 1.165) is 5.70 Å². The summed E-state index contributed by atoms with van der Waals surface area (Å²) in [5, 5.41) is 1.96. The molecule has 0 amide bonds. The number of thioether (sulfide) groups is 1. The van der Waals surface area contributed by atoms with Gasteiger partial charge in [0.15, 0.2) is 5.70 Å². The Kier molecular flexibility index (Phi) is 3.26. The molecule has 0 bridgehead atoms. The maximum atomic E-state index is 3.81. The molecule has 1 aliphatic heterocycles. The van der Waals surface area contributed by atoms with Crippen LogP contribution in [0.3, 0.4) is 0 Å². The fraction of sp³-hybridized carbons (Fsp3) is 0.250. The monoisotopic (exact) mass is 177 g/mol. The second-order valence-electron chi connectivity index (χ2n) is 1.08.